The van der Waals surface area contributed by atoms with E-state index in [0.717, 1.165) is 5.56 Å². The van der Waals surface area contributed by atoms with Crippen LogP contribution >= 0.6 is 11.3 Å². The number of ether oxygens (including phenoxy) is 1. The Bertz CT molecular complexity index is 1270. The average Bonchev–Trinajstić information content (AvgIpc) is 3.12. The normalized spacial score (nSPS) is 15.2. The van der Waals surface area contributed by atoms with E-state index in [2.05, 4.69) is 4.98 Å². The molecule has 2 aromatic heterocycles. The van der Waals surface area contributed by atoms with Crippen molar-refractivity contribution in [3.63, 3.8) is 0 Å². The Hall–Kier alpha value is -3.52. The molecule has 0 saturated heterocycles. The molecule has 8 heteroatoms. The summed E-state index contributed by atoms with van der Waals surface area (Å²) in [7, 11) is 0. The average molecular weight is 409 g/mol. The number of hydrogen-bond donors (Lipinski definition) is 1. The van der Waals surface area contributed by atoms with Gasteiger partial charge in [0.15, 0.2) is 10.7 Å². The number of nitrogens with zero attached hydrogens (tertiary/aromatic N) is 2. The van der Waals surface area contributed by atoms with E-state index in [1.165, 1.54) is 29.5 Å². The Morgan fingerprint density at radius 3 is 2.72 bits per heavy atom. The molecule has 0 spiro atoms. The summed E-state index contributed by atoms with van der Waals surface area (Å²) in [6.45, 7) is 2.14. The number of rotatable bonds is 4. The van der Waals surface area contributed by atoms with Crippen molar-refractivity contribution >= 4 is 34.0 Å². The third-order valence-corrected chi connectivity index (χ3v) is 5.20. The number of anilines is 1. The first kappa shape index (κ1) is 18.8. The Kier molecular flexibility index (Phi) is 4.85. The number of fused-ring (bicyclic) bond motifs is 1. The summed E-state index contributed by atoms with van der Waals surface area (Å²) in [6.07, 6.45) is 6.11. The minimum Gasteiger partial charge on any atom is -0.490 e. The monoisotopic (exact) mass is 409 g/mol. The van der Waals surface area contributed by atoms with Gasteiger partial charge in [0.05, 0.1) is 17.9 Å². The largest absolute Gasteiger partial charge is 0.490 e. The summed E-state index contributed by atoms with van der Waals surface area (Å²) in [5.74, 6) is -0.160. The van der Waals surface area contributed by atoms with Crippen molar-refractivity contribution in [3.05, 3.63) is 80.9 Å². The van der Waals surface area contributed by atoms with Crippen molar-refractivity contribution in [1.82, 2.24) is 9.38 Å². The predicted octanol–water partition coefficient (Wildman–Crippen LogP) is 3.59. The molecule has 4 rings (SSSR count). The molecule has 1 aromatic carbocycles. The SMILES string of the molecule is CCOC1=CC(=Cc2c(N)n3c(-c4ccc(F)cc4)csc3nc2=O)C=CC1=O. The Morgan fingerprint density at radius 1 is 1.24 bits per heavy atom. The van der Waals surface area contributed by atoms with Gasteiger partial charge in [-0.15, -0.1) is 11.3 Å². The number of halogens is 1. The van der Waals surface area contributed by atoms with Crippen LogP contribution in [-0.4, -0.2) is 21.8 Å². The fourth-order valence-corrected chi connectivity index (χ4v) is 3.90. The molecule has 29 heavy (non-hydrogen) atoms. The van der Waals surface area contributed by atoms with Crippen LogP contribution in [0.4, 0.5) is 10.2 Å². The van der Waals surface area contributed by atoms with E-state index < -0.39 is 5.56 Å². The summed E-state index contributed by atoms with van der Waals surface area (Å²) in [6, 6.07) is 5.99. The van der Waals surface area contributed by atoms with Crippen molar-refractivity contribution in [2.45, 2.75) is 6.92 Å². The zero-order valence-corrected chi connectivity index (χ0v) is 16.2. The van der Waals surface area contributed by atoms with Crippen molar-refractivity contribution in [2.75, 3.05) is 12.3 Å². The molecule has 2 heterocycles. The predicted molar refractivity (Wildman–Crippen MR) is 111 cm³/mol. The highest BCUT2D eigenvalue weighted by Gasteiger charge is 2.17. The lowest BCUT2D eigenvalue weighted by molar-refractivity contribution is -0.114. The van der Waals surface area contributed by atoms with Gasteiger partial charge in [-0.05, 0) is 60.6 Å². The molecule has 0 fully saturated rings. The zero-order chi connectivity index (χ0) is 20.5. The van der Waals surface area contributed by atoms with Gasteiger partial charge in [0, 0.05) is 5.38 Å². The summed E-state index contributed by atoms with van der Waals surface area (Å²) in [4.78, 5) is 29.0. The van der Waals surface area contributed by atoms with Gasteiger partial charge >= 0.3 is 0 Å². The lowest BCUT2D eigenvalue weighted by Gasteiger charge is -2.11. The molecule has 0 aliphatic heterocycles. The van der Waals surface area contributed by atoms with E-state index in [4.69, 9.17) is 10.5 Å². The van der Waals surface area contributed by atoms with Crippen LogP contribution in [0.3, 0.4) is 0 Å². The quantitative estimate of drug-likeness (QED) is 0.712. The summed E-state index contributed by atoms with van der Waals surface area (Å²) in [5, 5.41) is 1.81. The van der Waals surface area contributed by atoms with Gasteiger partial charge < -0.3 is 10.5 Å². The Balaban J connectivity index is 1.87. The first-order valence-electron chi connectivity index (χ1n) is 8.82. The summed E-state index contributed by atoms with van der Waals surface area (Å²) < 4.78 is 20.3. The van der Waals surface area contributed by atoms with Crippen LogP contribution in [-0.2, 0) is 9.53 Å². The van der Waals surface area contributed by atoms with E-state index in [1.54, 1.807) is 41.7 Å². The lowest BCUT2D eigenvalue weighted by Crippen LogP contribution is -2.17. The Labute approximate surface area is 169 Å². The van der Waals surface area contributed by atoms with Gasteiger partial charge in [-0.1, -0.05) is 6.08 Å². The number of hydrogen-bond acceptors (Lipinski definition) is 6. The minimum absolute atomic E-state index is 0.199. The summed E-state index contributed by atoms with van der Waals surface area (Å²) >= 11 is 1.27. The van der Waals surface area contributed by atoms with Crippen LogP contribution in [0, 0.1) is 5.82 Å². The number of carbonyl (C=O) groups excluding carboxylic acids is 1. The van der Waals surface area contributed by atoms with Crippen molar-refractivity contribution in [3.8, 4) is 11.3 Å². The van der Waals surface area contributed by atoms with E-state index in [9.17, 15) is 14.0 Å². The second-order valence-electron chi connectivity index (χ2n) is 6.25. The van der Waals surface area contributed by atoms with Crippen molar-refractivity contribution < 1.29 is 13.9 Å². The first-order chi connectivity index (χ1) is 14.0. The van der Waals surface area contributed by atoms with Gasteiger partial charge in [0.1, 0.15) is 11.6 Å². The third kappa shape index (κ3) is 3.50. The number of carbonyl (C=O) groups is 1. The number of thiazole rings is 1. The topological polar surface area (TPSA) is 86.7 Å². The zero-order valence-electron chi connectivity index (χ0n) is 15.4. The van der Waals surface area contributed by atoms with Crippen LogP contribution in [0.25, 0.3) is 22.3 Å². The Morgan fingerprint density at radius 2 is 2.00 bits per heavy atom. The maximum absolute atomic E-state index is 13.3. The van der Waals surface area contributed by atoms with Crippen molar-refractivity contribution in [1.29, 1.82) is 0 Å². The minimum atomic E-state index is -0.473. The molecule has 6 nitrogen and oxygen atoms in total. The van der Waals surface area contributed by atoms with E-state index >= 15 is 0 Å². The molecule has 0 atom stereocenters. The standard InChI is InChI=1S/C21H16FN3O3S/c1-2-28-18-10-12(3-8-17(18)26)9-15-19(23)25-16(11-29-21(25)24-20(15)27)13-4-6-14(22)7-5-13/h3-11H,2,23H2,1H3. The molecule has 1 aliphatic carbocycles. The maximum atomic E-state index is 13.3. The number of ketones is 1. The molecule has 0 bridgehead atoms. The fraction of sp³-hybridized carbons (Fsp3) is 0.0952. The number of allylic oxidation sites excluding steroid dienone is 4. The van der Waals surface area contributed by atoms with Crippen LogP contribution in [0.1, 0.15) is 12.5 Å². The highest BCUT2D eigenvalue weighted by atomic mass is 32.1. The summed E-state index contributed by atoms with van der Waals surface area (Å²) in [5.41, 5.74) is 8.11. The highest BCUT2D eigenvalue weighted by molar-refractivity contribution is 7.15. The smallest absolute Gasteiger partial charge is 0.283 e. The van der Waals surface area contributed by atoms with E-state index in [1.807, 2.05) is 5.38 Å². The second-order valence-corrected chi connectivity index (χ2v) is 7.08. The van der Waals surface area contributed by atoms with Gasteiger partial charge in [-0.3, -0.25) is 14.0 Å². The number of benzene rings is 1. The fourth-order valence-electron chi connectivity index (χ4n) is 3.01. The molecule has 0 radical (unpaired) electrons. The molecule has 146 valence electrons. The van der Waals surface area contributed by atoms with Crippen LogP contribution in [0.5, 0.6) is 0 Å². The van der Waals surface area contributed by atoms with E-state index in [0.29, 0.717) is 22.8 Å². The highest BCUT2D eigenvalue weighted by Crippen LogP contribution is 2.29. The number of nitrogens with two attached hydrogens (primary N) is 1. The van der Waals surface area contributed by atoms with Crippen molar-refractivity contribution in [2.24, 2.45) is 0 Å². The molecular weight excluding hydrogens is 393 g/mol. The lowest BCUT2D eigenvalue weighted by atomic mass is 10.0. The molecule has 0 amide bonds. The van der Waals surface area contributed by atoms with Gasteiger partial charge in [-0.25, -0.2) is 4.39 Å². The molecule has 2 N–H and O–H groups in total. The molecule has 0 unspecified atom stereocenters. The molecule has 0 saturated carbocycles. The third-order valence-electron chi connectivity index (χ3n) is 4.37. The van der Waals surface area contributed by atoms with Gasteiger partial charge in [-0.2, -0.15) is 4.98 Å². The second kappa shape index (κ2) is 7.48. The van der Waals surface area contributed by atoms with Gasteiger partial charge in [0.25, 0.3) is 5.56 Å². The maximum Gasteiger partial charge on any atom is 0.283 e. The molecule has 1 aliphatic rings. The molecular formula is C21H16FN3O3S. The number of nitrogen functional groups attached to an aromatic ring is 1. The van der Waals surface area contributed by atoms with Crippen LogP contribution in [0.2, 0.25) is 0 Å². The number of aromatic nitrogens is 2. The van der Waals surface area contributed by atoms with E-state index in [-0.39, 0.29) is 28.7 Å². The molecule has 3 aromatic rings. The first-order valence-corrected chi connectivity index (χ1v) is 9.70. The van der Waals surface area contributed by atoms with Gasteiger partial charge in [0.2, 0.25) is 5.78 Å². The van der Waals surface area contributed by atoms with Crippen LogP contribution in [0.15, 0.2) is 64.0 Å². The van der Waals surface area contributed by atoms with Crippen LogP contribution < -0.4 is 11.3 Å².